The monoisotopic (exact) mass is 398 g/mol. The minimum Gasteiger partial charge on any atom is -0.496 e. The number of nitrogens with zero attached hydrogens (tertiary/aromatic N) is 1. The van der Waals surface area contributed by atoms with Crippen LogP contribution in [0.25, 0.3) is 6.08 Å². The number of nitrogen functional groups attached to an aromatic ring is 1. The summed E-state index contributed by atoms with van der Waals surface area (Å²) in [6, 6.07) is 8.93. The van der Waals surface area contributed by atoms with E-state index in [0.717, 1.165) is 17.7 Å². The van der Waals surface area contributed by atoms with Crippen molar-refractivity contribution in [2.24, 2.45) is 0 Å². The van der Waals surface area contributed by atoms with Gasteiger partial charge in [-0.3, -0.25) is 4.79 Å². The quantitative estimate of drug-likeness (QED) is 0.383. The molecular formula is C23H30N2O4. The molecule has 2 aromatic rings. The first-order chi connectivity index (χ1) is 13.9. The number of anilines is 2. The zero-order valence-electron chi connectivity index (χ0n) is 18.0. The van der Waals surface area contributed by atoms with E-state index in [2.05, 4.69) is 0 Å². The van der Waals surface area contributed by atoms with Gasteiger partial charge in [0.2, 0.25) is 0 Å². The van der Waals surface area contributed by atoms with E-state index in [4.69, 9.17) is 19.9 Å². The standard InChI is InChI=1S/C23H30N2O4/c1-7-8-15(23(26)16-9-10-18(24)19(12-16)25(2)3)11-17-13-21(28-5)22(29-6)14-20(17)27-4/h9-14H,7-8,24H2,1-6H3/b15-11+. The van der Waals surface area contributed by atoms with E-state index in [1.54, 1.807) is 39.5 Å². The second kappa shape index (κ2) is 9.87. The van der Waals surface area contributed by atoms with Crippen LogP contribution in [0.1, 0.15) is 35.7 Å². The molecule has 0 radical (unpaired) electrons. The van der Waals surface area contributed by atoms with E-state index >= 15 is 0 Å². The smallest absolute Gasteiger partial charge is 0.189 e. The molecule has 0 aromatic heterocycles. The molecule has 0 heterocycles. The van der Waals surface area contributed by atoms with Gasteiger partial charge in [-0.05, 0) is 36.8 Å². The first-order valence-corrected chi connectivity index (χ1v) is 9.48. The van der Waals surface area contributed by atoms with Crippen molar-refractivity contribution in [1.29, 1.82) is 0 Å². The van der Waals surface area contributed by atoms with Crippen molar-refractivity contribution in [3.8, 4) is 17.2 Å². The molecule has 0 aliphatic heterocycles. The van der Waals surface area contributed by atoms with Crippen molar-refractivity contribution in [1.82, 2.24) is 0 Å². The predicted molar refractivity (Wildman–Crippen MR) is 118 cm³/mol. The lowest BCUT2D eigenvalue weighted by molar-refractivity contribution is 0.103. The Balaban J connectivity index is 2.55. The molecule has 0 aliphatic carbocycles. The van der Waals surface area contributed by atoms with Crippen molar-refractivity contribution in [3.63, 3.8) is 0 Å². The second-order valence-corrected chi connectivity index (χ2v) is 6.87. The van der Waals surface area contributed by atoms with Gasteiger partial charge in [0.05, 0.1) is 32.7 Å². The number of ether oxygens (including phenoxy) is 3. The summed E-state index contributed by atoms with van der Waals surface area (Å²) in [7, 11) is 8.53. The molecule has 156 valence electrons. The van der Waals surface area contributed by atoms with Gasteiger partial charge in [-0.25, -0.2) is 0 Å². The van der Waals surface area contributed by atoms with Crippen LogP contribution in [0.15, 0.2) is 35.9 Å². The third-order valence-corrected chi connectivity index (χ3v) is 4.65. The van der Waals surface area contributed by atoms with E-state index < -0.39 is 0 Å². The van der Waals surface area contributed by atoms with Crippen LogP contribution in [0, 0.1) is 0 Å². The van der Waals surface area contributed by atoms with Gasteiger partial charge in [0.1, 0.15) is 5.75 Å². The van der Waals surface area contributed by atoms with Crippen molar-refractivity contribution in [2.75, 3.05) is 46.1 Å². The van der Waals surface area contributed by atoms with Gasteiger partial charge in [0, 0.05) is 36.9 Å². The Kier molecular flexibility index (Phi) is 7.53. The molecule has 2 aromatic carbocycles. The van der Waals surface area contributed by atoms with Gasteiger partial charge in [-0.1, -0.05) is 13.3 Å². The third kappa shape index (κ3) is 5.02. The molecule has 6 nitrogen and oxygen atoms in total. The summed E-state index contributed by atoms with van der Waals surface area (Å²) in [5.41, 5.74) is 9.53. The van der Waals surface area contributed by atoms with E-state index in [-0.39, 0.29) is 5.78 Å². The molecule has 2 rings (SSSR count). The van der Waals surface area contributed by atoms with Crippen LogP contribution in [0.5, 0.6) is 17.2 Å². The number of nitrogens with two attached hydrogens (primary N) is 1. The topological polar surface area (TPSA) is 74.0 Å². The highest BCUT2D eigenvalue weighted by molar-refractivity contribution is 6.12. The van der Waals surface area contributed by atoms with Crippen LogP contribution in [0.2, 0.25) is 0 Å². The Hall–Kier alpha value is -3.15. The van der Waals surface area contributed by atoms with E-state index in [1.807, 2.05) is 44.1 Å². The zero-order chi connectivity index (χ0) is 21.6. The highest BCUT2D eigenvalue weighted by Gasteiger charge is 2.17. The average Bonchev–Trinajstić information content (AvgIpc) is 2.72. The Morgan fingerprint density at radius 2 is 1.62 bits per heavy atom. The lowest BCUT2D eigenvalue weighted by Crippen LogP contribution is -2.13. The number of allylic oxidation sites excluding steroid dienone is 1. The molecule has 2 N–H and O–H groups in total. The number of rotatable bonds is 9. The van der Waals surface area contributed by atoms with Gasteiger partial charge < -0.3 is 24.8 Å². The lowest BCUT2D eigenvalue weighted by atomic mass is 9.96. The summed E-state index contributed by atoms with van der Waals surface area (Å²) in [5.74, 6) is 1.71. The molecule has 0 saturated heterocycles. The molecule has 6 heteroatoms. The number of carbonyl (C=O) groups excluding carboxylic acids is 1. The first kappa shape index (κ1) is 22.1. The van der Waals surface area contributed by atoms with Gasteiger partial charge in [0.15, 0.2) is 17.3 Å². The molecule has 0 unspecified atom stereocenters. The van der Waals surface area contributed by atoms with Crippen LogP contribution in [0.4, 0.5) is 11.4 Å². The molecular weight excluding hydrogens is 368 g/mol. The summed E-state index contributed by atoms with van der Waals surface area (Å²) < 4.78 is 16.2. The summed E-state index contributed by atoms with van der Waals surface area (Å²) in [4.78, 5) is 15.2. The molecule has 0 saturated carbocycles. The van der Waals surface area contributed by atoms with Crippen molar-refractivity contribution >= 4 is 23.2 Å². The van der Waals surface area contributed by atoms with Crippen LogP contribution < -0.4 is 24.8 Å². The van der Waals surface area contributed by atoms with Crippen LogP contribution in [-0.4, -0.2) is 41.2 Å². The zero-order valence-corrected chi connectivity index (χ0v) is 18.0. The molecule has 29 heavy (non-hydrogen) atoms. The SMILES string of the molecule is CCC/C(=C\c1cc(OC)c(OC)cc1OC)C(=O)c1ccc(N)c(N(C)C)c1. The number of Topliss-reactive ketones (excluding diaryl/α,β-unsaturated/α-hetero) is 1. The first-order valence-electron chi connectivity index (χ1n) is 9.48. The number of hydrogen-bond donors (Lipinski definition) is 1. The number of hydrogen-bond acceptors (Lipinski definition) is 6. The van der Waals surface area contributed by atoms with Gasteiger partial charge in [-0.2, -0.15) is 0 Å². The Labute approximate surface area is 172 Å². The van der Waals surface area contributed by atoms with Gasteiger partial charge in [-0.15, -0.1) is 0 Å². The number of carbonyl (C=O) groups is 1. The predicted octanol–water partition coefficient (Wildman–Crippen LogP) is 4.43. The lowest BCUT2D eigenvalue weighted by Gasteiger charge is -2.17. The third-order valence-electron chi connectivity index (χ3n) is 4.65. The molecule has 0 aliphatic rings. The van der Waals surface area contributed by atoms with E-state index in [1.165, 1.54) is 0 Å². The Morgan fingerprint density at radius 1 is 1.00 bits per heavy atom. The number of benzene rings is 2. The maximum absolute atomic E-state index is 13.3. The summed E-state index contributed by atoms with van der Waals surface area (Å²) >= 11 is 0. The van der Waals surface area contributed by atoms with Crippen LogP contribution >= 0.6 is 0 Å². The fourth-order valence-electron chi connectivity index (χ4n) is 3.13. The minimum atomic E-state index is -0.0354. The molecule has 0 fully saturated rings. The maximum atomic E-state index is 13.3. The minimum absolute atomic E-state index is 0.0354. The molecule has 0 bridgehead atoms. The van der Waals surface area contributed by atoms with Crippen LogP contribution in [-0.2, 0) is 0 Å². The highest BCUT2D eigenvalue weighted by atomic mass is 16.5. The fourth-order valence-corrected chi connectivity index (χ4v) is 3.13. The maximum Gasteiger partial charge on any atom is 0.189 e. The normalized spacial score (nSPS) is 11.2. The van der Waals surface area contributed by atoms with Crippen molar-refractivity contribution < 1.29 is 19.0 Å². The second-order valence-electron chi connectivity index (χ2n) is 6.87. The van der Waals surface area contributed by atoms with Crippen molar-refractivity contribution in [3.05, 3.63) is 47.0 Å². The van der Waals surface area contributed by atoms with Gasteiger partial charge >= 0.3 is 0 Å². The van der Waals surface area contributed by atoms with E-state index in [9.17, 15) is 4.79 Å². The largest absolute Gasteiger partial charge is 0.496 e. The van der Waals surface area contributed by atoms with Crippen molar-refractivity contribution in [2.45, 2.75) is 19.8 Å². The number of ketones is 1. The summed E-state index contributed by atoms with van der Waals surface area (Å²) in [6.45, 7) is 2.04. The molecule has 0 atom stereocenters. The molecule has 0 amide bonds. The molecule has 0 spiro atoms. The summed E-state index contributed by atoms with van der Waals surface area (Å²) in [6.07, 6.45) is 3.33. The van der Waals surface area contributed by atoms with E-state index in [0.29, 0.717) is 40.5 Å². The van der Waals surface area contributed by atoms with Gasteiger partial charge in [0.25, 0.3) is 0 Å². The highest BCUT2D eigenvalue weighted by Crippen LogP contribution is 2.36. The Bertz CT molecular complexity index is 904. The fraction of sp³-hybridized carbons (Fsp3) is 0.348. The van der Waals surface area contributed by atoms with Crippen LogP contribution in [0.3, 0.4) is 0 Å². The Morgan fingerprint density at radius 3 is 2.17 bits per heavy atom. The average molecular weight is 399 g/mol. The summed E-state index contributed by atoms with van der Waals surface area (Å²) in [5, 5.41) is 0. The number of methoxy groups -OCH3 is 3.